The molecule has 1 nitrogen and oxygen atoms in total. The van der Waals surface area contributed by atoms with Crippen molar-refractivity contribution in [2.75, 3.05) is 0 Å². The molecule has 0 saturated heterocycles. The van der Waals surface area contributed by atoms with Gasteiger partial charge in [-0.25, -0.2) is 0 Å². The van der Waals surface area contributed by atoms with E-state index in [0.29, 0.717) is 6.04 Å². The maximum atomic E-state index is 3.53. The zero-order chi connectivity index (χ0) is 7.98. The predicted octanol–water partition coefficient (Wildman–Crippen LogP) is 2.56. The van der Waals surface area contributed by atoms with Gasteiger partial charge in [0.05, 0.1) is 0 Å². The lowest BCUT2D eigenvalue weighted by atomic mass is 10.1. The van der Waals surface area contributed by atoms with E-state index in [4.69, 9.17) is 0 Å². The summed E-state index contributed by atoms with van der Waals surface area (Å²) in [6.45, 7) is 8.90. The molecule has 0 fully saturated rings. The molecule has 0 bridgehead atoms. The Hall–Kier alpha value is -0.0400. The van der Waals surface area contributed by atoms with Crippen LogP contribution in [-0.4, -0.2) is 12.1 Å². The third-order valence-corrected chi connectivity index (χ3v) is 1.70. The first-order valence-corrected chi connectivity index (χ1v) is 4.46. The fourth-order valence-corrected chi connectivity index (χ4v) is 1.23. The van der Waals surface area contributed by atoms with Gasteiger partial charge in [0.2, 0.25) is 0 Å². The van der Waals surface area contributed by atoms with E-state index in [0.717, 1.165) is 6.04 Å². The van der Waals surface area contributed by atoms with Crippen LogP contribution in [0.4, 0.5) is 0 Å². The zero-order valence-corrected chi connectivity index (χ0v) is 7.78. The predicted molar refractivity (Wildman–Crippen MR) is 47.3 cm³/mol. The summed E-state index contributed by atoms with van der Waals surface area (Å²) in [4.78, 5) is 0. The first-order chi connectivity index (χ1) is 4.70. The van der Waals surface area contributed by atoms with Crippen LogP contribution in [0, 0.1) is 0 Å². The molecule has 0 spiro atoms. The van der Waals surface area contributed by atoms with Crippen molar-refractivity contribution in [1.29, 1.82) is 0 Å². The minimum atomic E-state index is 0.636. The molecule has 62 valence electrons. The summed E-state index contributed by atoms with van der Waals surface area (Å²) >= 11 is 0. The average Bonchev–Trinajstić information content (AvgIpc) is 1.86. The Morgan fingerprint density at radius 3 is 2.10 bits per heavy atom. The van der Waals surface area contributed by atoms with Gasteiger partial charge in [-0.3, -0.25) is 0 Å². The lowest BCUT2D eigenvalue weighted by molar-refractivity contribution is 0.425. The molecule has 0 amide bonds. The SMILES string of the molecule is CCCC(CC)NC(C)C. The molecular formula is C9H21N. The molecular weight excluding hydrogens is 122 g/mol. The topological polar surface area (TPSA) is 12.0 Å². The summed E-state index contributed by atoms with van der Waals surface area (Å²) in [5.41, 5.74) is 0. The van der Waals surface area contributed by atoms with Crippen molar-refractivity contribution in [2.45, 2.75) is 59.0 Å². The monoisotopic (exact) mass is 143 g/mol. The van der Waals surface area contributed by atoms with Gasteiger partial charge in [0, 0.05) is 12.1 Å². The Kier molecular flexibility index (Phi) is 5.70. The number of rotatable bonds is 5. The number of hydrogen-bond acceptors (Lipinski definition) is 1. The minimum Gasteiger partial charge on any atom is -0.312 e. The summed E-state index contributed by atoms with van der Waals surface area (Å²) in [5.74, 6) is 0. The van der Waals surface area contributed by atoms with E-state index in [1.807, 2.05) is 0 Å². The molecule has 0 rings (SSSR count). The second-order valence-electron chi connectivity index (χ2n) is 3.22. The van der Waals surface area contributed by atoms with Gasteiger partial charge < -0.3 is 5.32 Å². The number of hydrogen-bond donors (Lipinski definition) is 1. The Labute approximate surface area is 65.2 Å². The molecule has 1 unspecified atom stereocenters. The highest BCUT2D eigenvalue weighted by atomic mass is 14.9. The molecule has 0 aliphatic heterocycles. The molecule has 0 aromatic rings. The van der Waals surface area contributed by atoms with Crippen molar-refractivity contribution in [3.8, 4) is 0 Å². The van der Waals surface area contributed by atoms with E-state index in [1.54, 1.807) is 0 Å². The van der Waals surface area contributed by atoms with E-state index >= 15 is 0 Å². The van der Waals surface area contributed by atoms with Crippen LogP contribution >= 0.6 is 0 Å². The number of nitrogens with one attached hydrogen (secondary N) is 1. The van der Waals surface area contributed by atoms with Gasteiger partial charge >= 0.3 is 0 Å². The van der Waals surface area contributed by atoms with Crippen molar-refractivity contribution < 1.29 is 0 Å². The van der Waals surface area contributed by atoms with Gasteiger partial charge in [0.25, 0.3) is 0 Å². The van der Waals surface area contributed by atoms with Crippen LogP contribution in [0.25, 0.3) is 0 Å². The van der Waals surface area contributed by atoms with Crippen LogP contribution in [0.5, 0.6) is 0 Å². The summed E-state index contributed by atoms with van der Waals surface area (Å²) in [5, 5.41) is 3.53. The molecule has 1 heteroatoms. The Bertz CT molecular complexity index is 69.1. The molecule has 0 aliphatic rings. The lowest BCUT2D eigenvalue weighted by Crippen LogP contribution is -2.33. The maximum absolute atomic E-state index is 3.53. The van der Waals surface area contributed by atoms with E-state index in [1.165, 1.54) is 19.3 Å². The second kappa shape index (κ2) is 5.72. The largest absolute Gasteiger partial charge is 0.312 e. The van der Waals surface area contributed by atoms with Crippen molar-refractivity contribution in [2.24, 2.45) is 0 Å². The fourth-order valence-electron chi connectivity index (χ4n) is 1.23. The second-order valence-corrected chi connectivity index (χ2v) is 3.22. The van der Waals surface area contributed by atoms with Gasteiger partial charge in [0.15, 0.2) is 0 Å². The Morgan fingerprint density at radius 1 is 1.20 bits per heavy atom. The molecule has 0 saturated carbocycles. The highest BCUT2D eigenvalue weighted by molar-refractivity contribution is 4.66. The van der Waals surface area contributed by atoms with Crippen molar-refractivity contribution in [3.05, 3.63) is 0 Å². The first-order valence-electron chi connectivity index (χ1n) is 4.46. The van der Waals surface area contributed by atoms with Crippen molar-refractivity contribution in [1.82, 2.24) is 5.32 Å². The van der Waals surface area contributed by atoms with E-state index in [2.05, 4.69) is 33.0 Å². The van der Waals surface area contributed by atoms with Crippen molar-refractivity contribution >= 4 is 0 Å². The summed E-state index contributed by atoms with van der Waals surface area (Å²) in [6, 6.07) is 1.38. The smallest absolute Gasteiger partial charge is 0.00666 e. The molecule has 0 aliphatic carbocycles. The van der Waals surface area contributed by atoms with E-state index in [9.17, 15) is 0 Å². The molecule has 1 N–H and O–H groups in total. The van der Waals surface area contributed by atoms with Crippen molar-refractivity contribution in [3.63, 3.8) is 0 Å². The van der Waals surface area contributed by atoms with Gasteiger partial charge in [-0.15, -0.1) is 0 Å². The van der Waals surface area contributed by atoms with E-state index < -0.39 is 0 Å². The Balaban J connectivity index is 3.39. The summed E-state index contributed by atoms with van der Waals surface area (Å²) < 4.78 is 0. The Morgan fingerprint density at radius 2 is 1.80 bits per heavy atom. The third-order valence-electron chi connectivity index (χ3n) is 1.70. The quantitative estimate of drug-likeness (QED) is 0.623. The van der Waals surface area contributed by atoms with Crippen LogP contribution in [0.3, 0.4) is 0 Å². The van der Waals surface area contributed by atoms with Crippen LogP contribution < -0.4 is 5.32 Å². The summed E-state index contributed by atoms with van der Waals surface area (Å²) in [7, 11) is 0. The standard InChI is InChI=1S/C9H21N/c1-5-7-9(6-2)10-8(3)4/h8-10H,5-7H2,1-4H3. The van der Waals surface area contributed by atoms with Crippen LogP contribution in [-0.2, 0) is 0 Å². The molecule has 0 radical (unpaired) electrons. The van der Waals surface area contributed by atoms with Crippen LogP contribution in [0.1, 0.15) is 47.0 Å². The highest BCUT2D eigenvalue weighted by Gasteiger charge is 2.04. The highest BCUT2D eigenvalue weighted by Crippen LogP contribution is 2.01. The first kappa shape index (κ1) is 9.96. The average molecular weight is 143 g/mol. The van der Waals surface area contributed by atoms with Gasteiger partial charge in [-0.2, -0.15) is 0 Å². The molecule has 0 aromatic heterocycles. The maximum Gasteiger partial charge on any atom is 0.00666 e. The van der Waals surface area contributed by atoms with Gasteiger partial charge in [-0.1, -0.05) is 34.1 Å². The summed E-state index contributed by atoms with van der Waals surface area (Å²) in [6.07, 6.45) is 3.86. The molecule has 10 heavy (non-hydrogen) atoms. The fraction of sp³-hybridized carbons (Fsp3) is 1.00. The van der Waals surface area contributed by atoms with Crippen LogP contribution in [0.15, 0.2) is 0 Å². The lowest BCUT2D eigenvalue weighted by Gasteiger charge is -2.18. The van der Waals surface area contributed by atoms with Gasteiger partial charge in [-0.05, 0) is 12.8 Å². The zero-order valence-electron chi connectivity index (χ0n) is 7.78. The minimum absolute atomic E-state index is 0.636. The van der Waals surface area contributed by atoms with Crippen LogP contribution in [0.2, 0.25) is 0 Å². The molecule has 0 aromatic carbocycles. The molecule has 0 heterocycles. The van der Waals surface area contributed by atoms with Gasteiger partial charge in [0.1, 0.15) is 0 Å². The van der Waals surface area contributed by atoms with E-state index in [-0.39, 0.29) is 0 Å². The third kappa shape index (κ3) is 4.80. The molecule has 1 atom stereocenters. The normalized spacial score (nSPS) is 14.1.